The summed E-state index contributed by atoms with van der Waals surface area (Å²) in [5.41, 5.74) is 1.86. The molecule has 1 aliphatic heterocycles. The van der Waals surface area contributed by atoms with Gasteiger partial charge in [0.25, 0.3) is 11.6 Å². The maximum absolute atomic E-state index is 13.0. The first-order valence-electron chi connectivity index (χ1n) is 10.0. The third-order valence-electron chi connectivity index (χ3n) is 5.00. The number of nitrogens with one attached hydrogen (secondary N) is 1. The zero-order chi connectivity index (χ0) is 21.6. The molecular weight excluding hydrogens is 416 g/mol. The minimum atomic E-state index is -0.448. The minimum absolute atomic E-state index is 0.0366. The molecule has 0 saturated carbocycles. The first kappa shape index (κ1) is 21.1. The van der Waals surface area contributed by atoms with Crippen LogP contribution in [-0.2, 0) is 4.74 Å². The van der Waals surface area contributed by atoms with E-state index in [1.165, 1.54) is 23.5 Å². The molecule has 0 unspecified atom stereocenters. The van der Waals surface area contributed by atoms with E-state index >= 15 is 0 Å². The van der Waals surface area contributed by atoms with Crippen LogP contribution in [0.2, 0.25) is 0 Å². The van der Waals surface area contributed by atoms with Crippen molar-refractivity contribution in [1.82, 2.24) is 15.2 Å². The number of nitro groups is 1. The first-order valence-corrected chi connectivity index (χ1v) is 10.8. The standard InChI is InChI=1S/C22H22N4O4S/c27-21(23-9-10-25-11-13-30-14-12-25)20-19(17-7-4-8-18(15-17)26(28)29)24-22(31-20)16-5-2-1-3-6-16/h1-8,15H,9-14H2,(H,23,27). The number of morpholine rings is 1. The molecule has 3 aromatic rings. The number of hydrogen-bond donors (Lipinski definition) is 1. The van der Waals surface area contributed by atoms with Crippen LogP contribution in [0.15, 0.2) is 54.6 Å². The van der Waals surface area contributed by atoms with Crippen LogP contribution in [0.25, 0.3) is 21.8 Å². The van der Waals surface area contributed by atoms with Gasteiger partial charge in [-0.05, 0) is 0 Å². The van der Waals surface area contributed by atoms with Gasteiger partial charge in [-0.2, -0.15) is 0 Å². The second-order valence-corrected chi connectivity index (χ2v) is 8.08. The summed E-state index contributed by atoms with van der Waals surface area (Å²) in [4.78, 5) is 31.2. The van der Waals surface area contributed by atoms with E-state index in [0.717, 1.165) is 25.2 Å². The van der Waals surface area contributed by atoms with Crippen LogP contribution in [0.5, 0.6) is 0 Å². The van der Waals surface area contributed by atoms with Gasteiger partial charge in [-0.15, -0.1) is 11.3 Å². The van der Waals surface area contributed by atoms with Gasteiger partial charge in [0.1, 0.15) is 9.88 Å². The third kappa shape index (κ3) is 5.13. The summed E-state index contributed by atoms with van der Waals surface area (Å²) in [6.07, 6.45) is 0. The Morgan fingerprint density at radius 3 is 2.61 bits per heavy atom. The number of aromatic nitrogens is 1. The van der Waals surface area contributed by atoms with Gasteiger partial charge in [0, 0.05) is 49.4 Å². The number of carbonyl (C=O) groups is 1. The molecule has 0 radical (unpaired) electrons. The smallest absolute Gasteiger partial charge is 0.270 e. The Morgan fingerprint density at radius 2 is 1.87 bits per heavy atom. The van der Waals surface area contributed by atoms with Crippen molar-refractivity contribution in [2.24, 2.45) is 0 Å². The quantitative estimate of drug-likeness (QED) is 0.448. The predicted molar refractivity (Wildman–Crippen MR) is 119 cm³/mol. The highest BCUT2D eigenvalue weighted by atomic mass is 32.1. The highest BCUT2D eigenvalue weighted by Crippen LogP contribution is 2.35. The zero-order valence-corrected chi connectivity index (χ0v) is 17.6. The molecule has 2 aromatic carbocycles. The summed E-state index contributed by atoms with van der Waals surface area (Å²) < 4.78 is 5.35. The summed E-state index contributed by atoms with van der Waals surface area (Å²) in [5.74, 6) is -0.227. The first-order chi connectivity index (χ1) is 15.1. The van der Waals surface area contributed by atoms with Gasteiger partial charge in [0.2, 0.25) is 0 Å². The lowest BCUT2D eigenvalue weighted by Crippen LogP contribution is -2.41. The molecule has 1 amide bonds. The number of rotatable bonds is 7. The van der Waals surface area contributed by atoms with Crippen molar-refractivity contribution in [3.05, 3.63) is 69.6 Å². The molecule has 1 N–H and O–H groups in total. The maximum Gasteiger partial charge on any atom is 0.270 e. The van der Waals surface area contributed by atoms with E-state index in [2.05, 4.69) is 15.2 Å². The van der Waals surface area contributed by atoms with E-state index in [0.29, 0.717) is 40.9 Å². The highest BCUT2D eigenvalue weighted by Gasteiger charge is 2.22. The molecular formula is C22H22N4O4S. The molecule has 0 atom stereocenters. The highest BCUT2D eigenvalue weighted by molar-refractivity contribution is 7.17. The molecule has 1 fully saturated rings. The van der Waals surface area contributed by atoms with E-state index < -0.39 is 4.92 Å². The fourth-order valence-electron chi connectivity index (χ4n) is 3.37. The minimum Gasteiger partial charge on any atom is -0.379 e. The van der Waals surface area contributed by atoms with E-state index in [-0.39, 0.29) is 11.6 Å². The third-order valence-corrected chi connectivity index (χ3v) is 6.11. The number of nitro benzene ring substituents is 1. The SMILES string of the molecule is O=C(NCCN1CCOCC1)c1sc(-c2ccccc2)nc1-c1cccc([N+](=O)[O-])c1. The van der Waals surface area contributed by atoms with Crippen LogP contribution in [0.3, 0.4) is 0 Å². The van der Waals surface area contributed by atoms with Crippen LogP contribution < -0.4 is 5.32 Å². The monoisotopic (exact) mass is 438 g/mol. The van der Waals surface area contributed by atoms with Gasteiger partial charge in [0.15, 0.2) is 0 Å². The number of thiazole rings is 1. The van der Waals surface area contributed by atoms with E-state index in [1.54, 1.807) is 12.1 Å². The number of amides is 1. The number of benzene rings is 2. The molecule has 1 aliphatic rings. The molecule has 160 valence electrons. The molecule has 0 aliphatic carbocycles. The zero-order valence-electron chi connectivity index (χ0n) is 16.8. The Hall–Kier alpha value is -3.14. The molecule has 8 nitrogen and oxygen atoms in total. The molecule has 31 heavy (non-hydrogen) atoms. The summed E-state index contributed by atoms with van der Waals surface area (Å²) in [6, 6.07) is 15.8. The van der Waals surface area contributed by atoms with Crippen molar-refractivity contribution in [1.29, 1.82) is 0 Å². The van der Waals surface area contributed by atoms with Crippen molar-refractivity contribution >= 4 is 22.9 Å². The fourth-order valence-corrected chi connectivity index (χ4v) is 4.38. The van der Waals surface area contributed by atoms with Crippen LogP contribution in [0, 0.1) is 10.1 Å². The fraction of sp³-hybridized carbons (Fsp3) is 0.273. The van der Waals surface area contributed by atoms with Crippen molar-refractivity contribution < 1.29 is 14.5 Å². The summed E-state index contributed by atoms with van der Waals surface area (Å²) in [5, 5.41) is 14.9. The van der Waals surface area contributed by atoms with Crippen molar-refractivity contribution in [2.75, 3.05) is 39.4 Å². The Bertz CT molecular complexity index is 1060. The second kappa shape index (κ2) is 9.78. The van der Waals surface area contributed by atoms with Crippen LogP contribution in [-0.4, -0.2) is 60.1 Å². The Kier molecular flexibility index (Phi) is 6.66. The second-order valence-electron chi connectivity index (χ2n) is 7.08. The molecule has 0 spiro atoms. The van der Waals surface area contributed by atoms with Crippen molar-refractivity contribution in [3.8, 4) is 21.8 Å². The molecule has 4 rings (SSSR count). The van der Waals surface area contributed by atoms with Crippen LogP contribution >= 0.6 is 11.3 Å². The van der Waals surface area contributed by atoms with Crippen molar-refractivity contribution in [2.45, 2.75) is 0 Å². The number of carbonyl (C=O) groups excluding carboxylic acids is 1. The maximum atomic E-state index is 13.0. The van der Waals surface area contributed by atoms with Gasteiger partial charge < -0.3 is 10.1 Å². The van der Waals surface area contributed by atoms with E-state index in [4.69, 9.17) is 4.74 Å². The van der Waals surface area contributed by atoms with Gasteiger partial charge >= 0.3 is 0 Å². The molecule has 0 bridgehead atoms. The van der Waals surface area contributed by atoms with E-state index in [1.807, 2.05) is 30.3 Å². The number of nitrogens with zero attached hydrogens (tertiary/aromatic N) is 3. The lowest BCUT2D eigenvalue weighted by atomic mass is 10.1. The lowest BCUT2D eigenvalue weighted by Gasteiger charge is -2.26. The molecule has 9 heteroatoms. The van der Waals surface area contributed by atoms with E-state index in [9.17, 15) is 14.9 Å². The molecule has 2 heterocycles. The number of non-ortho nitro benzene ring substituents is 1. The van der Waals surface area contributed by atoms with Gasteiger partial charge in [-0.25, -0.2) is 4.98 Å². The molecule has 1 saturated heterocycles. The van der Waals surface area contributed by atoms with Crippen LogP contribution in [0.4, 0.5) is 5.69 Å². The van der Waals surface area contributed by atoms with Crippen LogP contribution in [0.1, 0.15) is 9.67 Å². The summed E-state index contributed by atoms with van der Waals surface area (Å²) in [7, 11) is 0. The predicted octanol–water partition coefficient (Wildman–Crippen LogP) is 3.45. The average Bonchev–Trinajstić information content (AvgIpc) is 3.26. The van der Waals surface area contributed by atoms with Gasteiger partial charge in [0.05, 0.1) is 23.8 Å². The Morgan fingerprint density at radius 1 is 1.13 bits per heavy atom. The summed E-state index contributed by atoms with van der Waals surface area (Å²) in [6.45, 7) is 4.37. The largest absolute Gasteiger partial charge is 0.379 e. The van der Waals surface area contributed by atoms with Gasteiger partial charge in [-0.3, -0.25) is 19.8 Å². The van der Waals surface area contributed by atoms with Gasteiger partial charge in [-0.1, -0.05) is 42.5 Å². The Balaban J connectivity index is 1.60. The molecule has 1 aromatic heterocycles. The number of ether oxygens (including phenoxy) is 1. The Labute approximate surface area is 183 Å². The lowest BCUT2D eigenvalue weighted by molar-refractivity contribution is -0.384. The number of hydrogen-bond acceptors (Lipinski definition) is 7. The average molecular weight is 439 g/mol. The normalized spacial score (nSPS) is 14.3. The topological polar surface area (TPSA) is 97.6 Å². The summed E-state index contributed by atoms with van der Waals surface area (Å²) >= 11 is 1.29. The van der Waals surface area contributed by atoms with Crippen molar-refractivity contribution in [3.63, 3.8) is 0 Å².